The van der Waals surface area contributed by atoms with E-state index in [2.05, 4.69) is 64.5 Å². The molecule has 3 fully saturated rings. The lowest BCUT2D eigenvalue weighted by molar-refractivity contribution is -0.139. The zero-order chi connectivity index (χ0) is 24.3. The Hall–Kier alpha value is -3.51. The number of carbonyl (C=O) groups is 1. The van der Waals surface area contributed by atoms with Gasteiger partial charge in [-0.25, -0.2) is 0 Å². The van der Waals surface area contributed by atoms with E-state index in [4.69, 9.17) is 4.99 Å². The molecular weight excluding hydrogens is 448 g/mol. The Morgan fingerprint density at radius 1 is 0.889 bits per heavy atom. The maximum atomic E-state index is 12.3. The molecule has 182 valence electrons. The van der Waals surface area contributed by atoms with Crippen LogP contribution in [0.5, 0.6) is 0 Å². The number of hydrogen-bond acceptors (Lipinski definition) is 5. The Morgan fingerprint density at radius 3 is 2.06 bits per heavy atom. The van der Waals surface area contributed by atoms with Gasteiger partial charge in [0.1, 0.15) is 11.4 Å². The lowest BCUT2D eigenvalue weighted by atomic mass is 9.97. The molecule has 2 aliphatic heterocycles. The van der Waals surface area contributed by atoms with Gasteiger partial charge in [-0.1, -0.05) is 54.6 Å². The van der Waals surface area contributed by atoms with Crippen molar-refractivity contribution < 1.29 is 9.90 Å². The largest absolute Gasteiger partial charge is 0.371 e. The van der Waals surface area contributed by atoms with Crippen molar-refractivity contribution in [3.63, 3.8) is 0 Å². The van der Waals surface area contributed by atoms with Crippen molar-refractivity contribution in [1.82, 2.24) is 14.8 Å². The monoisotopic (exact) mass is 478 g/mol. The van der Waals surface area contributed by atoms with Crippen LogP contribution in [0.4, 0.5) is 0 Å². The van der Waals surface area contributed by atoms with Crippen LogP contribution in [0.1, 0.15) is 31.2 Å². The minimum absolute atomic E-state index is 0.278. The number of amidine groups is 1. The number of aliphatic hydroxyl groups excluding tert-OH is 1. The standard InChI is InChI=1S/C30H30N4O2/c35-28(25-11-12-25)33-17-20(18-33)19-34-27(32-30(13-14-30)29(34)36)24-9-7-22(8-10-24)21-3-5-23(6-4-21)26-2-1-15-31-16-26/h1-10,15-16,20,25,29,36H,11-14,17-19H2. The molecule has 2 aromatic carbocycles. The van der Waals surface area contributed by atoms with Crippen molar-refractivity contribution in [3.8, 4) is 22.3 Å². The van der Waals surface area contributed by atoms with Crippen LogP contribution in [0, 0.1) is 11.8 Å². The number of nitrogens with zero attached hydrogens (tertiary/aromatic N) is 4. The van der Waals surface area contributed by atoms with Crippen molar-refractivity contribution in [2.75, 3.05) is 19.6 Å². The third-order valence-corrected chi connectivity index (χ3v) is 8.15. The van der Waals surface area contributed by atoms with Gasteiger partial charge in [0, 0.05) is 49.4 Å². The van der Waals surface area contributed by atoms with Gasteiger partial charge in [0.25, 0.3) is 0 Å². The summed E-state index contributed by atoms with van der Waals surface area (Å²) in [5.74, 6) is 1.88. The molecule has 3 heterocycles. The molecule has 2 aliphatic carbocycles. The number of aliphatic hydroxyl groups is 1. The molecule has 2 saturated carbocycles. The van der Waals surface area contributed by atoms with Gasteiger partial charge < -0.3 is 14.9 Å². The van der Waals surface area contributed by atoms with Gasteiger partial charge in [-0.3, -0.25) is 14.8 Å². The minimum atomic E-state index is -0.569. The number of aliphatic imine (C=N–C) groups is 1. The fourth-order valence-corrected chi connectivity index (χ4v) is 5.59. The number of carbonyl (C=O) groups excluding carboxylic acids is 1. The first-order valence-corrected chi connectivity index (χ1v) is 13.0. The first kappa shape index (κ1) is 21.7. The summed E-state index contributed by atoms with van der Waals surface area (Å²) in [6.45, 7) is 2.34. The number of amides is 1. The Kier molecular flexibility index (Phi) is 5.00. The number of aromatic nitrogens is 1. The Labute approximate surface area is 211 Å². The SMILES string of the molecule is O=C(C1CC1)N1CC(CN2C(c3ccc(-c4ccc(-c5cccnc5)cc4)cc3)=NC3(CC3)C2O)C1. The van der Waals surface area contributed by atoms with Crippen LogP contribution < -0.4 is 0 Å². The maximum absolute atomic E-state index is 12.3. The summed E-state index contributed by atoms with van der Waals surface area (Å²) in [5.41, 5.74) is 5.28. The topological polar surface area (TPSA) is 69.0 Å². The van der Waals surface area contributed by atoms with E-state index in [0.717, 1.165) is 79.0 Å². The fraction of sp³-hybridized carbons (Fsp3) is 0.367. The van der Waals surface area contributed by atoms with Crippen LogP contribution in [-0.4, -0.2) is 63.0 Å². The number of hydrogen-bond donors (Lipinski definition) is 1. The second-order valence-corrected chi connectivity index (χ2v) is 10.8. The first-order chi connectivity index (χ1) is 17.6. The van der Waals surface area contributed by atoms with Gasteiger partial charge in [0.2, 0.25) is 5.91 Å². The summed E-state index contributed by atoms with van der Waals surface area (Å²) in [4.78, 5) is 25.6. The summed E-state index contributed by atoms with van der Waals surface area (Å²) < 4.78 is 0. The third kappa shape index (κ3) is 3.80. The van der Waals surface area contributed by atoms with Crippen molar-refractivity contribution in [2.24, 2.45) is 16.8 Å². The minimum Gasteiger partial charge on any atom is -0.371 e. The van der Waals surface area contributed by atoms with Crippen molar-refractivity contribution in [2.45, 2.75) is 37.5 Å². The molecule has 4 aliphatic rings. The van der Waals surface area contributed by atoms with Crippen LogP contribution in [0.2, 0.25) is 0 Å². The summed E-state index contributed by atoms with van der Waals surface area (Å²) in [7, 11) is 0. The zero-order valence-corrected chi connectivity index (χ0v) is 20.3. The quantitative estimate of drug-likeness (QED) is 0.577. The van der Waals surface area contributed by atoms with Crippen LogP contribution in [0.15, 0.2) is 78.0 Å². The van der Waals surface area contributed by atoms with E-state index < -0.39 is 6.23 Å². The van der Waals surface area contributed by atoms with E-state index in [-0.39, 0.29) is 11.5 Å². The van der Waals surface area contributed by atoms with E-state index in [1.54, 1.807) is 6.20 Å². The lowest BCUT2D eigenvalue weighted by Gasteiger charge is -2.42. The highest BCUT2D eigenvalue weighted by Crippen LogP contribution is 2.49. The smallest absolute Gasteiger partial charge is 0.225 e. The molecule has 36 heavy (non-hydrogen) atoms. The average Bonchev–Trinajstić information content (AvgIpc) is 3.82. The second kappa shape index (κ2) is 8.27. The van der Waals surface area contributed by atoms with Crippen LogP contribution in [0.25, 0.3) is 22.3 Å². The van der Waals surface area contributed by atoms with Gasteiger partial charge >= 0.3 is 0 Å². The molecule has 0 bridgehead atoms. The summed E-state index contributed by atoms with van der Waals surface area (Å²) in [6.07, 6.45) is 7.07. The zero-order valence-electron chi connectivity index (χ0n) is 20.3. The molecule has 1 saturated heterocycles. The highest BCUT2D eigenvalue weighted by molar-refractivity contribution is 6.01. The Bertz CT molecular complexity index is 1310. The molecule has 1 spiro atoms. The molecule has 1 N–H and O–H groups in total. The van der Waals surface area contributed by atoms with E-state index >= 15 is 0 Å². The van der Waals surface area contributed by atoms with Gasteiger partial charge in [0.05, 0.1) is 0 Å². The molecular formula is C30H30N4O2. The Balaban J connectivity index is 1.07. The highest BCUT2D eigenvalue weighted by atomic mass is 16.3. The van der Waals surface area contributed by atoms with Crippen molar-refractivity contribution >= 4 is 11.7 Å². The predicted octanol–water partition coefficient (Wildman–Crippen LogP) is 4.20. The number of rotatable bonds is 6. The van der Waals surface area contributed by atoms with Crippen molar-refractivity contribution in [1.29, 1.82) is 0 Å². The fourth-order valence-electron chi connectivity index (χ4n) is 5.59. The van der Waals surface area contributed by atoms with Crippen LogP contribution in [0.3, 0.4) is 0 Å². The Morgan fingerprint density at radius 2 is 1.50 bits per heavy atom. The number of pyridine rings is 1. The number of likely N-dealkylation sites (tertiary alicyclic amines) is 1. The van der Waals surface area contributed by atoms with E-state index in [9.17, 15) is 9.90 Å². The molecule has 6 heteroatoms. The molecule has 1 amide bonds. The van der Waals surface area contributed by atoms with E-state index in [0.29, 0.717) is 11.8 Å². The van der Waals surface area contributed by atoms with E-state index in [1.165, 1.54) is 0 Å². The van der Waals surface area contributed by atoms with Gasteiger partial charge in [-0.2, -0.15) is 0 Å². The van der Waals surface area contributed by atoms with Gasteiger partial charge in [-0.05, 0) is 54.0 Å². The molecule has 1 aromatic heterocycles. The molecule has 7 rings (SSSR count). The predicted molar refractivity (Wildman–Crippen MR) is 139 cm³/mol. The highest BCUT2D eigenvalue weighted by Gasteiger charge is 2.57. The van der Waals surface area contributed by atoms with Gasteiger partial charge in [-0.15, -0.1) is 0 Å². The first-order valence-electron chi connectivity index (χ1n) is 13.0. The third-order valence-electron chi connectivity index (χ3n) is 8.15. The average molecular weight is 479 g/mol. The lowest BCUT2D eigenvalue weighted by Crippen LogP contribution is -2.56. The molecule has 0 radical (unpaired) electrons. The second-order valence-electron chi connectivity index (χ2n) is 10.8. The van der Waals surface area contributed by atoms with Crippen LogP contribution in [-0.2, 0) is 4.79 Å². The molecule has 1 atom stereocenters. The van der Waals surface area contributed by atoms with Crippen molar-refractivity contribution in [3.05, 3.63) is 78.6 Å². The molecule has 3 aromatic rings. The number of benzene rings is 2. The maximum Gasteiger partial charge on any atom is 0.225 e. The van der Waals surface area contributed by atoms with Crippen LogP contribution >= 0.6 is 0 Å². The summed E-state index contributed by atoms with van der Waals surface area (Å²) in [6, 6.07) is 21.1. The normalized spacial score (nSPS) is 22.5. The van der Waals surface area contributed by atoms with Gasteiger partial charge in [0.15, 0.2) is 6.23 Å². The molecule has 6 nitrogen and oxygen atoms in total. The molecule has 1 unspecified atom stereocenters. The summed E-state index contributed by atoms with van der Waals surface area (Å²) >= 11 is 0. The summed E-state index contributed by atoms with van der Waals surface area (Å²) in [5, 5.41) is 11.1. The van der Waals surface area contributed by atoms with E-state index in [1.807, 2.05) is 17.2 Å².